The molecule has 0 bridgehead atoms. The molecule has 2 aromatic heterocycles. The summed E-state index contributed by atoms with van der Waals surface area (Å²) < 4.78 is 30.3. The van der Waals surface area contributed by atoms with Crippen LogP contribution in [0.4, 0.5) is 10.8 Å². The molecule has 182 valence electrons. The summed E-state index contributed by atoms with van der Waals surface area (Å²) in [7, 11) is -1.82. The lowest BCUT2D eigenvalue weighted by atomic mass is 10.1. The number of amides is 1. The Morgan fingerprint density at radius 2 is 1.74 bits per heavy atom. The monoisotopic (exact) mass is 528 g/mol. The molecule has 8 nitrogen and oxygen atoms in total. The average molecular weight is 529 g/mol. The van der Waals surface area contributed by atoms with Crippen molar-refractivity contribution >= 4 is 49.4 Å². The van der Waals surface area contributed by atoms with Gasteiger partial charge in [-0.15, -0.1) is 22.7 Å². The molecule has 1 N–H and O–H groups in total. The molecule has 0 saturated heterocycles. The zero-order valence-corrected chi connectivity index (χ0v) is 21.8. The van der Waals surface area contributed by atoms with Crippen molar-refractivity contribution in [2.45, 2.75) is 20.0 Å². The van der Waals surface area contributed by atoms with Crippen molar-refractivity contribution in [2.24, 2.45) is 0 Å². The lowest BCUT2D eigenvalue weighted by Crippen LogP contribution is -2.24. The van der Waals surface area contributed by atoms with Crippen molar-refractivity contribution < 1.29 is 17.9 Å². The van der Waals surface area contributed by atoms with Crippen LogP contribution in [0.5, 0.6) is 5.75 Å². The largest absolute Gasteiger partial charge is 0.486 e. The third-order valence-corrected chi connectivity index (χ3v) is 7.93. The van der Waals surface area contributed by atoms with Crippen LogP contribution in [0.15, 0.2) is 59.3 Å². The van der Waals surface area contributed by atoms with Crippen LogP contribution >= 0.6 is 22.7 Å². The molecule has 0 spiro atoms. The summed E-state index contributed by atoms with van der Waals surface area (Å²) in [5.41, 5.74) is 3.93. The van der Waals surface area contributed by atoms with Crippen molar-refractivity contribution in [1.29, 1.82) is 0 Å². The van der Waals surface area contributed by atoms with E-state index < -0.39 is 10.0 Å². The molecule has 0 atom stereocenters. The Balaban J connectivity index is 1.31. The van der Waals surface area contributed by atoms with Gasteiger partial charge >= 0.3 is 0 Å². The molecule has 35 heavy (non-hydrogen) atoms. The SMILES string of the molecule is Cc1ccc(OCc2nc(CC(=O)Nc3nc(-c4ccc(N(C)S(C)(=O)=O)cc4)cs3)cs2)cc1. The Bertz CT molecular complexity index is 1410. The van der Waals surface area contributed by atoms with Crippen molar-refractivity contribution in [3.63, 3.8) is 0 Å². The maximum absolute atomic E-state index is 12.5. The van der Waals surface area contributed by atoms with Gasteiger partial charge in [0.05, 0.1) is 29.8 Å². The van der Waals surface area contributed by atoms with E-state index in [1.165, 1.54) is 39.6 Å². The summed E-state index contributed by atoms with van der Waals surface area (Å²) >= 11 is 2.78. The molecule has 0 fully saturated rings. The number of ether oxygens (including phenoxy) is 1. The van der Waals surface area contributed by atoms with Gasteiger partial charge in [-0.3, -0.25) is 9.10 Å². The summed E-state index contributed by atoms with van der Waals surface area (Å²) in [5, 5.41) is 7.80. The van der Waals surface area contributed by atoms with Crippen LogP contribution in [0.1, 0.15) is 16.3 Å². The minimum Gasteiger partial charge on any atom is -0.486 e. The van der Waals surface area contributed by atoms with Crippen molar-refractivity contribution in [3.05, 3.63) is 75.6 Å². The normalized spacial score (nSPS) is 11.3. The second-order valence-corrected chi connectivity index (χ2v) is 11.7. The van der Waals surface area contributed by atoms with Crippen LogP contribution in [0, 0.1) is 6.92 Å². The minimum absolute atomic E-state index is 0.141. The first kappa shape index (κ1) is 24.8. The lowest BCUT2D eigenvalue weighted by Gasteiger charge is -2.16. The van der Waals surface area contributed by atoms with Gasteiger partial charge in [-0.2, -0.15) is 0 Å². The van der Waals surface area contributed by atoms with Crippen LogP contribution in [0.2, 0.25) is 0 Å². The number of nitrogens with zero attached hydrogens (tertiary/aromatic N) is 3. The molecule has 0 aliphatic carbocycles. The molecule has 2 aromatic carbocycles. The molecule has 0 saturated carbocycles. The van der Waals surface area contributed by atoms with Crippen molar-refractivity contribution in [3.8, 4) is 17.0 Å². The molecule has 0 aliphatic heterocycles. The number of anilines is 2. The fourth-order valence-electron chi connectivity index (χ4n) is 3.10. The van der Waals surface area contributed by atoms with Crippen molar-refractivity contribution in [1.82, 2.24) is 9.97 Å². The number of aryl methyl sites for hydroxylation is 1. The van der Waals surface area contributed by atoms with E-state index in [1.54, 1.807) is 24.3 Å². The third-order valence-electron chi connectivity index (χ3n) is 5.10. The van der Waals surface area contributed by atoms with Gasteiger partial charge in [-0.05, 0) is 31.2 Å². The molecule has 0 radical (unpaired) electrons. The highest BCUT2D eigenvalue weighted by molar-refractivity contribution is 7.92. The molecule has 2 heterocycles. The third kappa shape index (κ3) is 6.65. The van der Waals surface area contributed by atoms with E-state index in [4.69, 9.17) is 4.74 Å². The summed E-state index contributed by atoms with van der Waals surface area (Å²) in [6.07, 6.45) is 1.30. The van der Waals surface area contributed by atoms with Crippen LogP contribution in [0.3, 0.4) is 0 Å². The average Bonchev–Trinajstić information content (AvgIpc) is 3.47. The summed E-state index contributed by atoms with van der Waals surface area (Å²) in [4.78, 5) is 21.5. The van der Waals surface area contributed by atoms with Crippen LogP contribution < -0.4 is 14.4 Å². The second kappa shape index (κ2) is 10.5. The van der Waals surface area contributed by atoms with Gasteiger partial charge in [0.2, 0.25) is 15.9 Å². The molecule has 11 heteroatoms. The zero-order chi connectivity index (χ0) is 25.0. The summed E-state index contributed by atoms with van der Waals surface area (Å²) in [5.74, 6) is 0.578. The van der Waals surface area contributed by atoms with Gasteiger partial charge in [0.15, 0.2) is 5.13 Å². The van der Waals surface area contributed by atoms with Crippen LogP contribution in [0.25, 0.3) is 11.3 Å². The topological polar surface area (TPSA) is 101 Å². The smallest absolute Gasteiger partial charge is 0.232 e. The Morgan fingerprint density at radius 1 is 1.03 bits per heavy atom. The van der Waals surface area contributed by atoms with Gasteiger partial charge in [0.25, 0.3) is 0 Å². The van der Waals surface area contributed by atoms with Crippen molar-refractivity contribution in [2.75, 3.05) is 22.9 Å². The number of benzene rings is 2. The van der Waals surface area contributed by atoms with E-state index in [0.717, 1.165) is 22.6 Å². The quantitative estimate of drug-likeness (QED) is 0.337. The van der Waals surface area contributed by atoms with E-state index in [1.807, 2.05) is 41.9 Å². The number of carbonyl (C=O) groups excluding carboxylic acids is 1. The van der Waals surface area contributed by atoms with Gasteiger partial charge < -0.3 is 10.1 Å². The van der Waals surface area contributed by atoms with E-state index >= 15 is 0 Å². The molecule has 0 unspecified atom stereocenters. The number of nitrogens with one attached hydrogen (secondary N) is 1. The van der Waals surface area contributed by atoms with E-state index in [9.17, 15) is 13.2 Å². The second-order valence-electron chi connectivity index (χ2n) is 7.87. The number of thiazole rings is 2. The lowest BCUT2D eigenvalue weighted by molar-refractivity contribution is -0.115. The fourth-order valence-corrected chi connectivity index (χ4v) is 5.05. The Labute approximate surface area is 212 Å². The van der Waals surface area contributed by atoms with E-state index in [0.29, 0.717) is 28.8 Å². The van der Waals surface area contributed by atoms with Gasteiger partial charge in [0, 0.05) is 23.4 Å². The van der Waals surface area contributed by atoms with E-state index in [2.05, 4.69) is 15.3 Å². The van der Waals surface area contributed by atoms with Gasteiger partial charge in [-0.1, -0.05) is 29.8 Å². The molecular formula is C24H24N4O4S3. The highest BCUT2D eigenvalue weighted by Gasteiger charge is 2.14. The number of rotatable bonds is 9. The number of sulfonamides is 1. The predicted molar refractivity (Wildman–Crippen MR) is 141 cm³/mol. The molecular weight excluding hydrogens is 504 g/mol. The van der Waals surface area contributed by atoms with Gasteiger partial charge in [-0.25, -0.2) is 18.4 Å². The Morgan fingerprint density at radius 3 is 2.43 bits per heavy atom. The van der Waals surface area contributed by atoms with Crippen LogP contribution in [-0.2, 0) is 27.8 Å². The standard InChI is InChI=1S/C24H24N4O4S3/c1-16-4-10-20(11-5-16)32-13-23-25-18(14-33-23)12-22(29)27-24-26-21(15-34-24)17-6-8-19(9-7-17)28(2)35(3,30)31/h4-11,14-15H,12-13H2,1-3H3,(H,26,27,29). The first-order valence-electron chi connectivity index (χ1n) is 10.6. The minimum atomic E-state index is -3.32. The maximum Gasteiger partial charge on any atom is 0.232 e. The molecule has 1 amide bonds. The number of carbonyl (C=O) groups is 1. The van der Waals surface area contributed by atoms with E-state index in [-0.39, 0.29) is 12.3 Å². The molecule has 0 aliphatic rings. The first-order valence-corrected chi connectivity index (χ1v) is 14.2. The highest BCUT2D eigenvalue weighted by atomic mass is 32.2. The molecule has 4 rings (SSSR count). The molecule has 4 aromatic rings. The zero-order valence-electron chi connectivity index (χ0n) is 19.4. The summed E-state index contributed by atoms with van der Waals surface area (Å²) in [6.45, 7) is 2.37. The number of hydrogen-bond acceptors (Lipinski definition) is 8. The maximum atomic E-state index is 12.5. The predicted octanol–water partition coefficient (Wildman–Crippen LogP) is 4.73. The summed E-state index contributed by atoms with van der Waals surface area (Å²) in [6, 6.07) is 14.9. The number of hydrogen-bond donors (Lipinski definition) is 1. The Hall–Kier alpha value is -3.28. The highest BCUT2D eigenvalue weighted by Crippen LogP contribution is 2.27. The van der Waals surface area contributed by atoms with Gasteiger partial charge in [0.1, 0.15) is 17.4 Å². The van der Waals surface area contributed by atoms with Crippen LogP contribution in [-0.4, -0.2) is 37.6 Å². The fraction of sp³-hybridized carbons (Fsp3) is 0.208. The Kier molecular flexibility index (Phi) is 7.48. The first-order chi connectivity index (χ1) is 16.7. The number of aromatic nitrogens is 2.